The Kier molecular flexibility index (Phi) is 10.7. The molecule has 15 nitrogen and oxygen atoms in total. The Morgan fingerprint density at radius 2 is 1.89 bits per heavy atom. The Bertz CT molecular complexity index is 1650. The van der Waals surface area contributed by atoms with Crippen molar-refractivity contribution in [3.63, 3.8) is 0 Å². The van der Waals surface area contributed by atoms with E-state index in [9.17, 15) is 29.7 Å². The molecule has 2 heterocycles. The third kappa shape index (κ3) is 7.33. The van der Waals surface area contributed by atoms with E-state index >= 15 is 0 Å². The van der Waals surface area contributed by atoms with E-state index in [2.05, 4.69) is 11.2 Å². The van der Waals surface area contributed by atoms with Crippen molar-refractivity contribution in [1.82, 2.24) is 5.48 Å². The standard InChI is InChI=1S/C31H34N2O13/c1-6-14-41-33-30(39)45-25-23(36)29(46-31(3,4)26(25)40-5)43-19-13-12-18-22(35)21(28(38)44-24(18)16(19)2)32-27(37)20(15-34)42-17-10-8-7-9-11-17/h1,7-13,20,23,25-26,29,34-36H,14-15H2,2-5H3,(H,32,37)(H,33,39)/t20?,23-,25+,26-,29-/m1/s1. The number of hydrogen-bond acceptors (Lipinski definition) is 13. The molecule has 0 spiro atoms. The van der Waals surface area contributed by atoms with Gasteiger partial charge in [-0.05, 0) is 45.0 Å². The Morgan fingerprint density at radius 1 is 1.17 bits per heavy atom. The molecule has 0 radical (unpaired) electrons. The van der Waals surface area contributed by atoms with Gasteiger partial charge in [0, 0.05) is 12.7 Å². The first-order chi connectivity index (χ1) is 21.9. The number of methoxy groups -OCH3 is 1. The highest BCUT2D eigenvalue weighted by Gasteiger charge is 2.53. The minimum Gasteiger partial charge on any atom is -0.505 e. The lowest BCUT2D eigenvalue weighted by Crippen LogP contribution is -2.65. The molecular weight excluding hydrogens is 608 g/mol. The maximum absolute atomic E-state index is 12.9. The second-order valence-corrected chi connectivity index (χ2v) is 10.6. The summed E-state index contributed by atoms with van der Waals surface area (Å²) in [5.74, 6) is 1.05. The van der Waals surface area contributed by atoms with Gasteiger partial charge in [-0.15, -0.1) is 6.42 Å². The van der Waals surface area contributed by atoms with E-state index < -0.39 is 72.0 Å². The van der Waals surface area contributed by atoms with E-state index in [0.717, 1.165) is 0 Å². The predicted molar refractivity (Wildman–Crippen MR) is 160 cm³/mol. The van der Waals surface area contributed by atoms with Crippen LogP contribution in [0.15, 0.2) is 51.7 Å². The van der Waals surface area contributed by atoms with Crippen LogP contribution in [-0.2, 0) is 23.8 Å². The van der Waals surface area contributed by atoms with Gasteiger partial charge in [-0.25, -0.2) is 9.59 Å². The number of anilines is 1. The molecule has 15 heteroatoms. The molecule has 1 aromatic heterocycles. The number of aliphatic hydroxyl groups excluding tert-OH is 2. The normalized spacial score (nSPS) is 21.1. The van der Waals surface area contributed by atoms with Crippen LogP contribution < -0.4 is 25.9 Å². The number of aliphatic hydroxyl groups is 2. The lowest BCUT2D eigenvalue weighted by molar-refractivity contribution is -0.305. The number of rotatable bonds is 11. The molecular formula is C31H34N2O13. The molecule has 1 aliphatic heterocycles. The van der Waals surface area contributed by atoms with Crippen LogP contribution in [-0.4, -0.2) is 84.0 Å². The Labute approximate surface area is 262 Å². The van der Waals surface area contributed by atoms with Gasteiger partial charge in [-0.3, -0.25) is 9.63 Å². The molecule has 3 aromatic rings. The third-order valence-corrected chi connectivity index (χ3v) is 7.05. The van der Waals surface area contributed by atoms with Gasteiger partial charge in [0.2, 0.25) is 6.29 Å². The minimum absolute atomic E-state index is 0.0408. The number of benzene rings is 2. The van der Waals surface area contributed by atoms with Crippen LogP contribution in [0.5, 0.6) is 17.2 Å². The Balaban J connectivity index is 1.57. The molecule has 5 atom stereocenters. The highest BCUT2D eigenvalue weighted by Crippen LogP contribution is 2.38. The van der Waals surface area contributed by atoms with Crippen molar-refractivity contribution in [2.45, 2.75) is 57.1 Å². The van der Waals surface area contributed by atoms with E-state index in [-0.39, 0.29) is 28.9 Å². The fourth-order valence-electron chi connectivity index (χ4n) is 4.86. The summed E-state index contributed by atoms with van der Waals surface area (Å²) in [5.41, 5.74) is -0.676. The van der Waals surface area contributed by atoms with Crippen molar-refractivity contribution in [1.29, 1.82) is 0 Å². The summed E-state index contributed by atoms with van der Waals surface area (Å²) in [6.45, 7) is 3.87. The summed E-state index contributed by atoms with van der Waals surface area (Å²) in [6.07, 6.45) is -2.58. The van der Waals surface area contributed by atoms with Crippen molar-refractivity contribution >= 4 is 28.7 Å². The van der Waals surface area contributed by atoms with Crippen molar-refractivity contribution in [3.05, 3.63) is 58.4 Å². The second kappa shape index (κ2) is 14.5. The van der Waals surface area contributed by atoms with Crippen LogP contribution in [0, 0.1) is 19.3 Å². The molecule has 1 unspecified atom stereocenters. The van der Waals surface area contributed by atoms with Crippen molar-refractivity contribution in [2.24, 2.45) is 0 Å². The molecule has 0 bridgehead atoms. The summed E-state index contributed by atoms with van der Waals surface area (Å²) in [4.78, 5) is 42.8. The van der Waals surface area contributed by atoms with Gasteiger partial charge < -0.3 is 48.7 Å². The average molecular weight is 643 g/mol. The number of hydroxylamine groups is 1. The molecule has 4 rings (SSSR count). The molecule has 5 N–H and O–H groups in total. The van der Waals surface area contributed by atoms with Gasteiger partial charge in [-0.1, -0.05) is 24.1 Å². The summed E-state index contributed by atoms with van der Waals surface area (Å²) in [7, 11) is 1.35. The van der Waals surface area contributed by atoms with Crippen LogP contribution in [0.2, 0.25) is 0 Å². The summed E-state index contributed by atoms with van der Waals surface area (Å²) < 4.78 is 33.7. The van der Waals surface area contributed by atoms with Crippen molar-refractivity contribution in [2.75, 3.05) is 25.6 Å². The summed E-state index contributed by atoms with van der Waals surface area (Å²) in [5, 5.41) is 34.1. The molecule has 246 valence electrons. The van der Waals surface area contributed by atoms with Crippen molar-refractivity contribution < 1.29 is 57.8 Å². The first-order valence-corrected chi connectivity index (χ1v) is 13.9. The van der Waals surface area contributed by atoms with E-state index in [4.69, 9.17) is 39.4 Å². The average Bonchev–Trinajstić information content (AvgIpc) is 3.02. The van der Waals surface area contributed by atoms with E-state index in [1.54, 1.807) is 44.2 Å². The van der Waals surface area contributed by atoms with Gasteiger partial charge in [0.05, 0.1) is 17.6 Å². The van der Waals surface area contributed by atoms with E-state index in [0.29, 0.717) is 5.75 Å². The highest BCUT2D eigenvalue weighted by atomic mass is 16.7. The highest BCUT2D eigenvalue weighted by molar-refractivity contribution is 5.99. The number of amides is 2. The van der Waals surface area contributed by atoms with Crippen LogP contribution in [0.3, 0.4) is 0 Å². The Morgan fingerprint density at radius 3 is 2.54 bits per heavy atom. The summed E-state index contributed by atoms with van der Waals surface area (Å²) in [6, 6.07) is 11.0. The molecule has 0 saturated carbocycles. The smallest absolute Gasteiger partial charge is 0.431 e. The number of carbonyl (C=O) groups is 2. The molecule has 2 amide bonds. The van der Waals surface area contributed by atoms with Gasteiger partial charge in [-0.2, -0.15) is 5.48 Å². The quantitative estimate of drug-likeness (QED) is 0.0876. The van der Waals surface area contributed by atoms with Gasteiger partial charge in [0.25, 0.3) is 5.91 Å². The van der Waals surface area contributed by atoms with E-state index in [1.807, 2.05) is 5.48 Å². The van der Waals surface area contributed by atoms with Crippen LogP contribution >= 0.6 is 0 Å². The fourth-order valence-corrected chi connectivity index (χ4v) is 4.86. The number of aromatic hydroxyl groups is 1. The van der Waals surface area contributed by atoms with Gasteiger partial charge in [0.15, 0.2) is 29.7 Å². The number of para-hydroxylation sites is 1. The number of carbonyl (C=O) groups excluding carboxylic acids is 2. The summed E-state index contributed by atoms with van der Waals surface area (Å²) >= 11 is 0. The SMILES string of the molecule is C#CCONC(=O)O[C@H]1[C@@H](O)[C@H](Oc2ccc3c(O)c(NC(=O)C(CO)Oc4ccccc4)c(=O)oc3c2C)OC(C)(C)[C@@H]1OC. The monoisotopic (exact) mass is 642 g/mol. The number of nitrogens with one attached hydrogen (secondary N) is 2. The minimum atomic E-state index is -1.58. The van der Waals surface area contributed by atoms with Crippen LogP contribution in [0.4, 0.5) is 10.5 Å². The van der Waals surface area contributed by atoms with Gasteiger partial charge in [0.1, 0.15) is 29.8 Å². The predicted octanol–water partition coefficient (Wildman–Crippen LogP) is 1.73. The molecule has 2 aromatic carbocycles. The lowest BCUT2D eigenvalue weighted by atomic mass is 9.89. The zero-order valence-corrected chi connectivity index (χ0v) is 25.3. The molecule has 46 heavy (non-hydrogen) atoms. The topological polar surface area (TPSA) is 204 Å². The fraction of sp³-hybridized carbons (Fsp3) is 0.387. The number of ether oxygens (including phenoxy) is 5. The molecule has 0 aliphatic carbocycles. The van der Waals surface area contributed by atoms with Crippen LogP contribution in [0.1, 0.15) is 19.4 Å². The number of fused-ring (bicyclic) bond motifs is 1. The zero-order valence-electron chi connectivity index (χ0n) is 25.3. The van der Waals surface area contributed by atoms with Crippen LogP contribution in [0.25, 0.3) is 11.0 Å². The number of terminal acetylenes is 1. The first kappa shape index (κ1) is 34.0. The third-order valence-electron chi connectivity index (χ3n) is 7.05. The lowest BCUT2D eigenvalue weighted by Gasteiger charge is -2.47. The zero-order chi connectivity index (χ0) is 33.6. The molecule has 1 saturated heterocycles. The van der Waals surface area contributed by atoms with Gasteiger partial charge >= 0.3 is 11.7 Å². The maximum Gasteiger partial charge on any atom is 0.431 e. The Hall–Kier alpha value is -4.85. The van der Waals surface area contributed by atoms with E-state index in [1.165, 1.54) is 26.2 Å². The first-order valence-electron chi connectivity index (χ1n) is 13.9. The largest absolute Gasteiger partial charge is 0.505 e. The number of hydrogen-bond donors (Lipinski definition) is 5. The molecule has 1 aliphatic rings. The van der Waals surface area contributed by atoms with Crippen molar-refractivity contribution in [3.8, 4) is 29.6 Å². The molecule has 1 fully saturated rings. The maximum atomic E-state index is 12.9. The second-order valence-electron chi connectivity index (χ2n) is 10.6. The number of aryl methyl sites for hydroxylation is 1.